The van der Waals surface area contributed by atoms with E-state index in [1.807, 2.05) is 44.3 Å². The number of likely N-dealkylation sites (N-methyl/N-ethyl adjacent to an activating group) is 1. The Labute approximate surface area is 133 Å². The smallest absolute Gasteiger partial charge is 0.122 e. The molecule has 0 spiro atoms. The summed E-state index contributed by atoms with van der Waals surface area (Å²) >= 11 is 0. The summed E-state index contributed by atoms with van der Waals surface area (Å²) in [7, 11) is 2.03. The molecular formula is C19H25NO2. The van der Waals surface area contributed by atoms with Crippen molar-refractivity contribution >= 4 is 0 Å². The second-order valence-electron chi connectivity index (χ2n) is 5.73. The predicted molar refractivity (Wildman–Crippen MR) is 90.3 cm³/mol. The summed E-state index contributed by atoms with van der Waals surface area (Å²) in [6.45, 7) is 3.86. The van der Waals surface area contributed by atoms with E-state index in [2.05, 4.69) is 29.2 Å². The molecule has 0 saturated carbocycles. The lowest BCUT2D eigenvalue weighted by atomic mass is 10.1. The van der Waals surface area contributed by atoms with E-state index >= 15 is 0 Å². The molecule has 0 fully saturated rings. The van der Waals surface area contributed by atoms with Crippen LogP contribution in [0.4, 0.5) is 0 Å². The van der Waals surface area contributed by atoms with Crippen molar-refractivity contribution in [3.05, 3.63) is 65.7 Å². The summed E-state index contributed by atoms with van der Waals surface area (Å²) in [5.74, 6) is 0.841. The number of aliphatic hydroxyl groups is 1. The molecule has 0 radical (unpaired) electrons. The van der Waals surface area contributed by atoms with Crippen molar-refractivity contribution in [2.45, 2.75) is 19.4 Å². The Morgan fingerprint density at radius 2 is 1.73 bits per heavy atom. The Balaban J connectivity index is 1.70. The van der Waals surface area contributed by atoms with Gasteiger partial charge in [0.25, 0.3) is 0 Å². The third-order valence-electron chi connectivity index (χ3n) is 3.67. The Hall–Kier alpha value is -1.84. The summed E-state index contributed by atoms with van der Waals surface area (Å²) in [5, 5.41) is 10.1. The largest absolute Gasteiger partial charge is 0.491 e. The van der Waals surface area contributed by atoms with Crippen molar-refractivity contribution in [3.63, 3.8) is 0 Å². The minimum absolute atomic E-state index is 0.320. The minimum Gasteiger partial charge on any atom is -0.491 e. The normalized spacial score (nSPS) is 12.4. The van der Waals surface area contributed by atoms with Crippen molar-refractivity contribution in [3.8, 4) is 5.75 Å². The zero-order valence-corrected chi connectivity index (χ0v) is 13.4. The first-order chi connectivity index (χ1) is 10.6. The third kappa shape index (κ3) is 5.51. The van der Waals surface area contributed by atoms with Gasteiger partial charge >= 0.3 is 0 Å². The van der Waals surface area contributed by atoms with Gasteiger partial charge in [0, 0.05) is 13.1 Å². The minimum atomic E-state index is -0.486. The molecule has 0 aliphatic heterocycles. The number of hydrogen-bond acceptors (Lipinski definition) is 3. The summed E-state index contributed by atoms with van der Waals surface area (Å²) < 4.78 is 5.69. The molecular weight excluding hydrogens is 274 g/mol. The van der Waals surface area contributed by atoms with E-state index in [0.717, 1.165) is 24.3 Å². The maximum Gasteiger partial charge on any atom is 0.122 e. The Kier molecular flexibility index (Phi) is 6.44. The molecule has 3 heteroatoms. The highest BCUT2D eigenvalue weighted by molar-refractivity contribution is 5.31. The zero-order valence-electron chi connectivity index (χ0n) is 13.4. The van der Waals surface area contributed by atoms with Crippen LogP contribution in [0.15, 0.2) is 54.6 Å². The maximum atomic E-state index is 10.1. The molecule has 0 bridgehead atoms. The van der Waals surface area contributed by atoms with Crippen LogP contribution in [0.3, 0.4) is 0 Å². The van der Waals surface area contributed by atoms with Gasteiger partial charge in [-0.05, 0) is 37.6 Å². The van der Waals surface area contributed by atoms with Gasteiger partial charge in [0.15, 0.2) is 0 Å². The summed E-state index contributed by atoms with van der Waals surface area (Å²) in [6, 6.07) is 18.3. The predicted octanol–water partition coefficient (Wildman–Crippen LogP) is 2.91. The van der Waals surface area contributed by atoms with Gasteiger partial charge in [0.1, 0.15) is 18.5 Å². The molecule has 3 nitrogen and oxygen atoms in total. The lowest BCUT2D eigenvalue weighted by Crippen LogP contribution is -2.34. The molecule has 22 heavy (non-hydrogen) atoms. The van der Waals surface area contributed by atoms with E-state index in [1.54, 1.807) is 0 Å². The second kappa shape index (κ2) is 8.57. The zero-order chi connectivity index (χ0) is 15.8. The highest BCUT2D eigenvalue weighted by Gasteiger charge is 2.10. The summed E-state index contributed by atoms with van der Waals surface area (Å²) in [5.41, 5.74) is 2.41. The molecule has 0 saturated heterocycles. The van der Waals surface area contributed by atoms with Gasteiger partial charge in [0.2, 0.25) is 0 Å². The molecule has 0 heterocycles. The van der Waals surface area contributed by atoms with Gasteiger partial charge in [-0.3, -0.25) is 0 Å². The van der Waals surface area contributed by atoms with Gasteiger partial charge in [-0.2, -0.15) is 0 Å². The number of para-hydroxylation sites is 1. The number of rotatable bonds is 8. The van der Waals surface area contributed by atoms with E-state index < -0.39 is 6.10 Å². The molecule has 118 valence electrons. The molecule has 2 rings (SSSR count). The van der Waals surface area contributed by atoms with Crippen LogP contribution < -0.4 is 4.74 Å². The number of nitrogens with zero attached hydrogens (tertiary/aromatic N) is 1. The molecule has 0 aliphatic rings. The Morgan fingerprint density at radius 1 is 1.05 bits per heavy atom. The molecule has 0 unspecified atom stereocenters. The van der Waals surface area contributed by atoms with Crippen LogP contribution in [0.2, 0.25) is 0 Å². The maximum absolute atomic E-state index is 10.1. The van der Waals surface area contributed by atoms with Crippen LogP contribution in [0.5, 0.6) is 5.75 Å². The molecule has 1 atom stereocenters. The molecule has 0 amide bonds. The number of aliphatic hydroxyl groups excluding tert-OH is 1. The third-order valence-corrected chi connectivity index (χ3v) is 3.67. The van der Waals surface area contributed by atoms with E-state index in [9.17, 15) is 5.11 Å². The van der Waals surface area contributed by atoms with Crippen LogP contribution in [-0.4, -0.2) is 42.9 Å². The molecule has 0 aromatic heterocycles. The Morgan fingerprint density at radius 3 is 2.45 bits per heavy atom. The van der Waals surface area contributed by atoms with Gasteiger partial charge in [-0.1, -0.05) is 48.5 Å². The van der Waals surface area contributed by atoms with Crippen molar-refractivity contribution in [2.24, 2.45) is 0 Å². The standard InChI is InChI=1S/C19H25NO2/c1-16-8-6-7-11-19(16)22-15-18(21)14-20(2)13-12-17-9-4-3-5-10-17/h3-11,18,21H,12-15H2,1-2H3/t18-/m1/s1. The molecule has 2 aromatic carbocycles. The van der Waals surface area contributed by atoms with Crippen LogP contribution >= 0.6 is 0 Å². The fraction of sp³-hybridized carbons (Fsp3) is 0.368. The quantitative estimate of drug-likeness (QED) is 0.813. The fourth-order valence-corrected chi connectivity index (χ4v) is 2.37. The van der Waals surface area contributed by atoms with Crippen LogP contribution in [-0.2, 0) is 6.42 Å². The number of hydrogen-bond donors (Lipinski definition) is 1. The lowest BCUT2D eigenvalue weighted by Gasteiger charge is -2.21. The van der Waals surface area contributed by atoms with Crippen LogP contribution in [0, 0.1) is 6.92 Å². The first-order valence-electron chi connectivity index (χ1n) is 7.74. The number of benzene rings is 2. The van der Waals surface area contributed by atoms with E-state index in [4.69, 9.17) is 4.74 Å². The van der Waals surface area contributed by atoms with Crippen LogP contribution in [0.1, 0.15) is 11.1 Å². The van der Waals surface area contributed by atoms with E-state index in [-0.39, 0.29) is 0 Å². The topological polar surface area (TPSA) is 32.7 Å². The SMILES string of the molecule is Cc1ccccc1OC[C@H](O)CN(C)CCc1ccccc1. The highest BCUT2D eigenvalue weighted by atomic mass is 16.5. The number of aryl methyl sites for hydroxylation is 1. The van der Waals surface area contributed by atoms with Gasteiger partial charge in [-0.25, -0.2) is 0 Å². The fourth-order valence-electron chi connectivity index (χ4n) is 2.37. The van der Waals surface area contributed by atoms with Crippen molar-refractivity contribution in [2.75, 3.05) is 26.7 Å². The average molecular weight is 299 g/mol. The molecule has 0 aliphatic carbocycles. The number of ether oxygens (including phenoxy) is 1. The molecule has 1 N–H and O–H groups in total. The molecule has 2 aromatic rings. The average Bonchev–Trinajstić information content (AvgIpc) is 2.53. The first kappa shape index (κ1) is 16.5. The van der Waals surface area contributed by atoms with Gasteiger partial charge in [-0.15, -0.1) is 0 Å². The van der Waals surface area contributed by atoms with E-state index in [0.29, 0.717) is 13.2 Å². The van der Waals surface area contributed by atoms with Crippen LogP contribution in [0.25, 0.3) is 0 Å². The highest BCUT2D eigenvalue weighted by Crippen LogP contribution is 2.16. The summed E-state index contributed by atoms with van der Waals surface area (Å²) in [4.78, 5) is 2.14. The van der Waals surface area contributed by atoms with Crippen molar-refractivity contribution < 1.29 is 9.84 Å². The lowest BCUT2D eigenvalue weighted by molar-refractivity contribution is 0.0764. The van der Waals surface area contributed by atoms with E-state index in [1.165, 1.54) is 5.56 Å². The van der Waals surface area contributed by atoms with Crippen molar-refractivity contribution in [1.82, 2.24) is 4.90 Å². The second-order valence-corrected chi connectivity index (χ2v) is 5.73. The monoisotopic (exact) mass is 299 g/mol. The first-order valence-corrected chi connectivity index (χ1v) is 7.74. The van der Waals surface area contributed by atoms with Gasteiger partial charge < -0.3 is 14.7 Å². The Bertz CT molecular complexity index is 556. The van der Waals surface area contributed by atoms with Gasteiger partial charge in [0.05, 0.1) is 0 Å². The van der Waals surface area contributed by atoms with Crippen molar-refractivity contribution in [1.29, 1.82) is 0 Å². The summed E-state index contributed by atoms with van der Waals surface area (Å²) in [6.07, 6.45) is 0.503.